The SMILES string of the molecule is COc1ccc(CCNCCc2cnc[nH]2)cc1OC. The Hall–Kier alpha value is -2.01. The molecule has 1 aromatic carbocycles. The number of benzene rings is 1. The summed E-state index contributed by atoms with van der Waals surface area (Å²) in [5.74, 6) is 1.55. The van der Waals surface area contributed by atoms with Crippen LogP contribution < -0.4 is 14.8 Å². The summed E-state index contributed by atoms with van der Waals surface area (Å²) in [5, 5.41) is 3.42. The maximum Gasteiger partial charge on any atom is 0.160 e. The lowest BCUT2D eigenvalue weighted by atomic mass is 10.1. The average molecular weight is 275 g/mol. The van der Waals surface area contributed by atoms with E-state index in [0.29, 0.717) is 0 Å². The van der Waals surface area contributed by atoms with Crippen LogP contribution in [0, 0.1) is 0 Å². The highest BCUT2D eigenvalue weighted by Crippen LogP contribution is 2.27. The number of aromatic nitrogens is 2. The number of aromatic amines is 1. The fraction of sp³-hybridized carbons (Fsp3) is 0.400. The summed E-state index contributed by atoms with van der Waals surface area (Å²) in [7, 11) is 3.30. The van der Waals surface area contributed by atoms with Gasteiger partial charge in [0.25, 0.3) is 0 Å². The van der Waals surface area contributed by atoms with Crippen LogP contribution in [0.1, 0.15) is 11.3 Å². The highest BCUT2D eigenvalue weighted by Gasteiger charge is 2.04. The first-order chi connectivity index (χ1) is 9.83. The zero-order chi connectivity index (χ0) is 14.2. The molecule has 0 atom stereocenters. The van der Waals surface area contributed by atoms with Crippen LogP contribution in [0.2, 0.25) is 0 Å². The van der Waals surface area contributed by atoms with E-state index in [1.807, 2.05) is 18.3 Å². The van der Waals surface area contributed by atoms with Crippen molar-refractivity contribution >= 4 is 0 Å². The third-order valence-electron chi connectivity index (χ3n) is 3.16. The van der Waals surface area contributed by atoms with Crippen molar-refractivity contribution in [3.05, 3.63) is 42.0 Å². The second-order valence-electron chi connectivity index (χ2n) is 4.52. The molecule has 0 spiro atoms. The number of H-pyrrole nitrogens is 1. The molecule has 0 aliphatic rings. The Bertz CT molecular complexity index is 512. The van der Waals surface area contributed by atoms with Crippen molar-refractivity contribution < 1.29 is 9.47 Å². The lowest BCUT2D eigenvalue weighted by Crippen LogP contribution is -2.20. The molecule has 2 aromatic rings. The van der Waals surface area contributed by atoms with E-state index < -0.39 is 0 Å². The molecule has 0 saturated heterocycles. The second-order valence-corrected chi connectivity index (χ2v) is 4.52. The van der Waals surface area contributed by atoms with Crippen LogP contribution in [0.3, 0.4) is 0 Å². The summed E-state index contributed by atoms with van der Waals surface area (Å²) in [6.07, 6.45) is 5.49. The van der Waals surface area contributed by atoms with Gasteiger partial charge in [-0.1, -0.05) is 6.07 Å². The first-order valence-corrected chi connectivity index (χ1v) is 6.72. The maximum absolute atomic E-state index is 5.30. The van der Waals surface area contributed by atoms with Gasteiger partial charge in [-0.15, -0.1) is 0 Å². The lowest BCUT2D eigenvalue weighted by molar-refractivity contribution is 0.354. The van der Waals surface area contributed by atoms with Crippen molar-refractivity contribution in [1.29, 1.82) is 0 Å². The number of ether oxygens (including phenoxy) is 2. The van der Waals surface area contributed by atoms with Crippen LogP contribution in [-0.2, 0) is 12.8 Å². The smallest absolute Gasteiger partial charge is 0.160 e. The molecule has 0 unspecified atom stereocenters. The summed E-state index contributed by atoms with van der Waals surface area (Å²) >= 11 is 0. The van der Waals surface area contributed by atoms with Gasteiger partial charge in [-0.25, -0.2) is 4.98 Å². The summed E-state index contributed by atoms with van der Waals surface area (Å²) in [6.45, 7) is 1.87. The van der Waals surface area contributed by atoms with Gasteiger partial charge >= 0.3 is 0 Å². The number of hydrogen-bond donors (Lipinski definition) is 2. The number of rotatable bonds is 8. The van der Waals surface area contributed by atoms with Crippen LogP contribution >= 0.6 is 0 Å². The van der Waals surface area contributed by atoms with Crippen LogP contribution in [0.25, 0.3) is 0 Å². The third kappa shape index (κ3) is 3.99. The highest BCUT2D eigenvalue weighted by atomic mass is 16.5. The van der Waals surface area contributed by atoms with Crippen LogP contribution in [0.15, 0.2) is 30.7 Å². The zero-order valence-electron chi connectivity index (χ0n) is 12.0. The Labute approximate surface area is 119 Å². The Morgan fingerprint density at radius 2 is 1.90 bits per heavy atom. The number of nitrogens with one attached hydrogen (secondary N) is 2. The largest absolute Gasteiger partial charge is 0.493 e. The second kappa shape index (κ2) is 7.55. The normalized spacial score (nSPS) is 10.5. The van der Waals surface area contributed by atoms with E-state index in [-0.39, 0.29) is 0 Å². The van der Waals surface area contributed by atoms with Crippen molar-refractivity contribution in [2.45, 2.75) is 12.8 Å². The Morgan fingerprint density at radius 3 is 2.60 bits per heavy atom. The van der Waals surface area contributed by atoms with E-state index in [2.05, 4.69) is 21.4 Å². The predicted molar refractivity (Wildman–Crippen MR) is 78.4 cm³/mol. The van der Waals surface area contributed by atoms with E-state index in [4.69, 9.17) is 9.47 Å². The minimum Gasteiger partial charge on any atom is -0.493 e. The standard InChI is InChI=1S/C15H21N3O2/c1-19-14-4-3-12(9-15(14)20-2)5-7-16-8-6-13-10-17-11-18-13/h3-4,9-11,16H,5-8H2,1-2H3,(H,17,18). The number of imidazole rings is 1. The molecular weight excluding hydrogens is 254 g/mol. The molecule has 1 aromatic heterocycles. The summed E-state index contributed by atoms with van der Waals surface area (Å²) in [4.78, 5) is 7.09. The molecule has 2 N–H and O–H groups in total. The van der Waals surface area contributed by atoms with Gasteiger partial charge in [0.1, 0.15) is 0 Å². The quantitative estimate of drug-likeness (QED) is 0.721. The summed E-state index contributed by atoms with van der Waals surface area (Å²) in [5.41, 5.74) is 2.39. The molecule has 2 rings (SSSR count). The molecule has 108 valence electrons. The minimum absolute atomic E-state index is 0.767. The topological polar surface area (TPSA) is 59.2 Å². The van der Waals surface area contributed by atoms with Crippen molar-refractivity contribution in [3.63, 3.8) is 0 Å². The highest BCUT2D eigenvalue weighted by molar-refractivity contribution is 5.42. The van der Waals surface area contributed by atoms with Gasteiger partial charge in [-0.2, -0.15) is 0 Å². The molecule has 20 heavy (non-hydrogen) atoms. The first-order valence-electron chi connectivity index (χ1n) is 6.72. The molecule has 0 amide bonds. The minimum atomic E-state index is 0.767. The molecule has 0 bridgehead atoms. The number of methoxy groups -OCH3 is 2. The average Bonchev–Trinajstić information content (AvgIpc) is 3.00. The van der Waals surface area contributed by atoms with E-state index >= 15 is 0 Å². The Morgan fingerprint density at radius 1 is 1.10 bits per heavy atom. The van der Waals surface area contributed by atoms with Gasteiger partial charge in [0, 0.05) is 24.9 Å². The van der Waals surface area contributed by atoms with Gasteiger partial charge < -0.3 is 19.8 Å². The van der Waals surface area contributed by atoms with Crippen molar-refractivity contribution in [2.24, 2.45) is 0 Å². The molecule has 0 aliphatic carbocycles. The molecule has 0 fully saturated rings. The Balaban J connectivity index is 1.73. The summed E-state index contributed by atoms with van der Waals surface area (Å²) in [6, 6.07) is 6.03. The van der Waals surface area contributed by atoms with Crippen molar-refractivity contribution in [1.82, 2.24) is 15.3 Å². The Kier molecular flexibility index (Phi) is 5.43. The molecule has 0 saturated carbocycles. The van der Waals surface area contributed by atoms with Crippen molar-refractivity contribution in [3.8, 4) is 11.5 Å². The van der Waals surface area contributed by atoms with E-state index in [0.717, 1.165) is 43.1 Å². The number of hydrogen-bond acceptors (Lipinski definition) is 4. The molecule has 5 heteroatoms. The molecule has 1 heterocycles. The van der Waals surface area contributed by atoms with Crippen LogP contribution in [0.5, 0.6) is 11.5 Å². The lowest BCUT2D eigenvalue weighted by Gasteiger charge is -2.10. The monoisotopic (exact) mass is 275 g/mol. The fourth-order valence-electron chi connectivity index (χ4n) is 2.04. The van der Waals surface area contributed by atoms with Gasteiger partial charge in [-0.05, 0) is 30.7 Å². The van der Waals surface area contributed by atoms with E-state index in [1.165, 1.54) is 5.56 Å². The van der Waals surface area contributed by atoms with E-state index in [9.17, 15) is 0 Å². The predicted octanol–water partition coefficient (Wildman–Crippen LogP) is 1.80. The molecular formula is C15H21N3O2. The summed E-state index contributed by atoms with van der Waals surface area (Å²) < 4.78 is 10.5. The molecule has 0 aliphatic heterocycles. The van der Waals surface area contributed by atoms with E-state index in [1.54, 1.807) is 20.5 Å². The maximum atomic E-state index is 5.30. The molecule has 5 nitrogen and oxygen atoms in total. The zero-order valence-corrected chi connectivity index (χ0v) is 12.0. The number of nitrogens with zero attached hydrogens (tertiary/aromatic N) is 1. The van der Waals surface area contributed by atoms with Gasteiger partial charge in [0.15, 0.2) is 11.5 Å². The fourth-order valence-corrected chi connectivity index (χ4v) is 2.04. The van der Waals surface area contributed by atoms with Crippen molar-refractivity contribution in [2.75, 3.05) is 27.3 Å². The van der Waals surface area contributed by atoms with Crippen LogP contribution in [0.4, 0.5) is 0 Å². The van der Waals surface area contributed by atoms with Crippen LogP contribution in [-0.4, -0.2) is 37.3 Å². The first kappa shape index (κ1) is 14.4. The van der Waals surface area contributed by atoms with Gasteiger partial charge in [-0.3, -0.25) is 0 Å². The third-order valence-corrected chi connectivity index (χ3v) is 3.16. The van der Waals surface area contributed by atoms with Gasteiger partial charge in [0.05, 0.1) is 20.5 Å². The van der Waals surface area contributed by atoms with Gasteiger partial charge in [0.2, 0.25) is 0 Å². The molecule has 0 radical (unpaired) electrons.